The minimum absolute atomic E-state index is 0.0438. The van der Waals surface area contributed by atoms with E-state index in [1.54, 1.807) is 6.07 Å². The summed E-state index contributed by atoms with van der Waals surface area (Å²) in [6.45, 7) is 6.59. The molecule has 2 aliphatic carbocycles. The van der Waals surface area contributed by atoms with E-state index in [1.165, 1.54) is 0 Å². The number of amides is 1. The Morgan fingerprint density at radius 2 is 1.54 bits per heavy atom. The van der Waals surface area contributed by atoms with Crippen molar-refractivity contribution in [2.75, 3.05) is 5.32 Å². The van der Waals surface area contributed by atoms with E-state index in [0.29, 0.717) is 10.7 Å². The Kier molecular flexibility index (Phi) is 3.49. The number of nitrogens with one attached hydrogen (secondary N) is 1. The maximum atomic E-state index is 13.8. The van der Waals surface area contributed by atoms with Gasteiger partial charge in [0.2, 0.25) is 5.91 Å². The fraction of sp³-hybridized carbons (Fsp3) is 0.348. The van der Waals surface area contributed by atoms with E-state index >= 15 is 0 Å². The summed E-state index contributed by atoms with van der Waals surface area (Å²) in [5, 5.41) is 3.63. The first-order valence-electron chi connectivity index (χ1n) is 9.65. The van der Waals surface area contributed by atoms with Crippen LogP contribution in [0, 0.1) is 5.41 Å². The maximum Gasteiger partial charge on any atom is 0.237 e. The minimum Gasteiger partial charge on any atom is -0.324 e. The smallest absolute Gasteiger partial charge is 0.237 e. The Balaban J connectivity index is 1.72. The van der Waals surface area contributed by atoms with Gasteiger partial charge in [0.15, 0.2) is 0 Å². The summed E-state index contributed by atoms with van der Waals surface area (Å²) in [6.07, 6.45) is 1.67. The second-order valence-electron chi connectivity index (χ2n) is 8.71. The van der Waals surface area contributed by atoms with Crippen molar-refractivity contribution in [2.24, 2.45) is 5.41 Å². The van der Waals surface area contributed by atoms with Crippen LogP contribution in [0.2, 0.25) is 5.02 Å². The fourth-order valence-corrected chi connectivity index (χ4v) is 5.52. The third-order valence-electron chi connectivity index (χ3n) is 7.45. The van der Waals surface area contributed by atoms with Gasteiger partial charge in [0, 0.05) is 5.41 Å². The standard InChI is InChI=1S/C23H22ClN3O/c1-21(2)22(3)12-13-23(21,20(28)27-15-9-5-4-8-14(15)24)19-18(22)25-16-10-6-7-11-17(16)26-19/h4-11H,12-13H2,1-3H3,(H,27,28)/t22-,23-/m0/s1. The summed E-state index contributed by atoms with van der Waals surface area (Å²) in [6, 6.07) is 15.2. The summed E-state index contributed by atoms with van der Waals surface area (Å²) in [5.74, 6) is -0.0438. The Hall–Kier alpha value is -2.46. The lowest BCUT2D eigenvalue weighted by molar-refractivity contribution is -0.125. The van der Waals surface area contributed by atoms with Gasteiger partial charge in [0.05, 0.1) is 38.5 Å². The highest BCUT2D eigenvalue weighted by Crippen LogP contribution is 2.70. The van der Waals surface area contributed by atoms with E-state index in [0.717, 1.165) is 35.3 Å². The van der Waals surface area contributed by atoms with E-state index < -0.39 is 5.41 Å². The van der Waals surface area contributed by atoms with Crippen molar-refractivity contribution >= 4 is 34.2 Å². The highest BCUT2D eigenvalue weighted by Gasteiger charge is 2.73. The molecule has 1 N–H and O–H groups in total. The number of halogens is 1. The molecule has 5 heteroatoms. The van der Waals surface area contributed by atoms with Crippen LogP contribution in [0.5, 0.6) is 0 Å². The molecule has 142 valence electrons. The number of carbonyl (C=O) groups is 1. The van der Waals surface area contributed by atoms with Crippen molar-refractivity contribution in [2.45, 2.75) is 44.4 Å². The molecule has 2 aromatic carbocycles. The molecule has 2 atom stereocenters. The molecule has 1 heterocycles. The van der Waals surface area contributed by atoms with Gasteiger partial charge in [-0.05, 0) is 42.5 Å². The molecule has 28 heavy (non-hydrogen) atoms. The first kappa shape index (κ1) is 17.6. The number of nitrogens with zero attached hydrogens (tertiary/aromatic N) is 2. The second-order valence-corrected chi connectivity index (χ2v) is 9.11. The largest absolute Gasteiger partial charge is 0.324 e. The van der Waals surface area contributed by atoms with Crippen LogP contribution < -0.4 is 5.32 Å². The number of anilines is 1. The number of benzene rings is 2. The average Bonchev–Trinajstić information content (AvgIpc) is 2.98. The zero-order valence-electron chi connectivity index (χ0n) is 16.2. The molecule has 0 spiro atoms. The predicted octanol–water partition coefficient (Wildman–Crippen LogP) is 5.25. The normalized spacial score (nSPS) is 27.0. The molecule has 0 saturated heterocycles. The number of carbonyl (C=O) groups excluding carboxylic acids is 1. The first-order chi connectivity index (χ1) is 13.3. The van der Waals surface area contributed by atoms with E-state index in [9.17, 15) is 4.79 Å². The number of para-hydroxylation sites is 3. The molecule has 1 saturated carbocycles. The van der Waals surface area contributed by atoms with Crippen molar-refractivity contribution in [1.82, 2.24) is 9.97 Å². The van der Waals surface area contributed by atoms with Crippen molar-refractivity contribution in [1.29, 1.82) is 0 Å². The van der Waals surface area contributed by atoms with Crippen LogP contribution in [0.1, 0.15) is 45.0 Å². The molecule has 0 radical (unpaired) electrons. The second kappa shape index (κ2) is 5.54. The summed E-state index contributed by atoms with van der Waals surface area (Å²) in [7, 11) is 0. The Labute approximate surface area is 169 Å². The molecular weight excluding hydrogens is 370 g/mol. The zero-order valence-corrected chi connectivity index (χ0v) is 17.0. The first-order valence-corrected chi connectivity index (χ1v) is 10.0. The van der Waals surface area contributed by atoms with Gasteiger partial charge in [-0.3, -0.25) is 4.79 Å². The summed E-state index contributed by atoms with van der Waals surface area (Å²) < 4.78 is 0. The van der Waals surface area contributed by atoms with Crippen LogP contribution in [0.15, 0.2) is 48.5 Å². The Morgan fingerprint density at radius 3 is 2.21 bits per heavy atom. The van der Waals surface area contributed by atoms with Crippen LogP contribution in [0.25, 0.3) is 11.0 Å². The molecule has 2 bridgehead atoms. The Bertz CT molecular complexity index is 1140. The average molecular weight is 392 g/mol. The van der Waals surface area contributed by atoms with Gasteiger partial charge < -0.3 is 5.32 Å². The summed E-state index contributed by atoms with van der Waals surface area (Å²) in [5.41, 5.74) is 2.90. The molecule has 4 nitrogen and oxygen atoms in total. The molecule has 2 aliphatic rings. The molecule has 5 rings (SSSR count). The fourth-order valence-electron chi connectivity index (χ4n) is 5.34. The zero-order chi connectivity index (χ0) is 19.7. The van der Waals surface area contributed by atoms with Gasteiger partial charge in [0.1, 0.15) is 0 Å². The number of hydrogen-bond donors (Lipinski definition) is 1. The monoisotopic (exact) mass is 391 g/mol. The number of hydrogen-bond acceptors (Lipinski definition) is 3. The van der Waals surface area contributed by atoms with Crippen LogP contribution in [-0.4, -0.2) is 15.9 Å². The quantitative estimate of drug-likeness (QED) is 0.649. The third-order valence-corrected chi connectivity index (χ3v) is 7.78. The predicted molar refractivity (Wildman–Crippen MR) is 112 cm³/mol. The molecule has 0 unspecified atom stereocenters. The van der Waals surface area contributed by atoms with Crippen LogP contribution in [0.4, 0.5) is 5.69 Å². The topological polar surface area (TPSA) is 54.9 Å². The van der Waals surface area contributed by atoms with Gasteiger partial charge in [0.25, 0.3) is 0 Å². The lowest BCUT2D eigenvalue weighted by Gasteiger charge is -2.39. The van der Waals surface area contributed by atoms with Gasteiger partial charge in [-0.25, -0.2) is 9.97 Å². The highest BCUT2D eigenvalue weighted by atomic mass is 35.5. The van der Waals surface area contributed by atoms with Crippen LogP contribution >= 0.6 is 11.6 Å². The van der Waals surface area contributed by atoms with Gasteiger partial charge in [-0.1, -0.05) is 56.6 Å². The van der Waals surface area contributed by atoms with E-state index in [2.05, 4.69) is 26.1 Å². The van der Waals surface area contributed by atoms with Crippen molar-refractivity contribution in [3.05, 3.63) is 64.9 Å². The van der Waals surface area contributed by atoms with E-state index in [-0.39, 0.29) is 16.7 Å². The highest BCUT2D eigenvalue weighted by molar-refractivity contribution is 6.33. The maximum absolute atomic E-state index is 13.8. The molecule has 1 aromatic heterocycles. The Morgan fingerprint density at radius 1 is 0.929 bits per heavy atom. The molecule has 1 fully saturated rings. The number of fused-ring (bicyclic) bond motifs is 6. The van der Waals surface area contributed by atoms with Gasteiger partial charge in [-0.2, -0.15) is 0 Å². The van der Waals surface area contributed by atoms with Crippen molar-refractivity contribution in [3.8, 4) is 0 Å². The molecule has 1 amide bonds. The van der Waals surface area contributed by atoms with Gasteiger partial charge >= 0.3 is 0 Å². The summed E-state index contributed by atoms with van der Waals surface area (Å²) >= 11 is 6.31. The molecule has 0 aliphatic heterocycles. The van der Waals surface area contributed by atoms with Gasteiger partial charge in [-0.15, -0.1) is 0 Å². The number of aromatic nitrogens is 2. The lowest BCUT2D eigenvalue weighted by Crippen LogP contribution is -2.48. The third kappa shape index (κ3) is 1.94. The molecule has 3 aromatic rings. The van der Waals surface area contributed by atoms with Crippen molar-refractivity contribution < 1.29 is 4.79 Å². The summed E-state index contributed by atoms with van der Waals surface area (Å²) in [4.78, 5) is 23.7. The lowest BCUT2D eigenvalue weighted by atomic mass is 9.63. The number of rotatable bonds is 2. The van der Waals surface area contributed by atoms with E-state index in [1.807, 2.05) is 42.5 Å². The SMILES string of the molecule is CC1(C)[C@@]2(C)CC[C@@]1(C(=O)Nc1ccccc1Cl)c1nc3ccccc3nc12. The van der Waals surface area contributed by atoms with Crippen LogP contribution in [0.3, 0.4) is 0 Å². The van der Waals surface area contributed by atoms with Crippen molar-refractivity contribution in [3.63, 3.8) is 0 Å². The minimum atomic E-state index is -0.729. The molecular formula is C23H22ClN3O. The van der Waals surface area contributed by atoms with Crippen LogP contribution in [-0.2, 0) is 15.6 Å². The van der Waals surface area contributed by atoms with E-state index in [4.69, 9.17) is 21.6 Å².